The molecule has 1 aromatic carbocycles. The van der Waals surface area contributed by atoms with Crippen molar-refractivity contribution in [1.29, 1.82) is 0 Å². The third kappa shape index (κ3) is 4.31. The van der Waals surface area contributed by atoms with E-state index in [2.05, 4.69) is 5.32 Å². The van der Waals surface area contributed by atoms with Crippen molar-refractivity contribution in [2.75, 3.05) is 26.0 Å². The zero-order valence-corrected chi connectivity index (χ0v) is 11.7. The van der Waals surface area contributed by atoms with E-state index in [1.165, 1.54) is 6.07 Å². The van der Waals surface area contributed by atoms with Gasteiger partial charge in [0.25, 0.3) is 0 Å². The van der Waals surface area contributed by atoms with E-state index in [9.17, 15) is 9.59 Å². The van der Waals surface area contributed by atoms with Gasteiger partial charge in [-0.3, -0.25) is 4.79 Å². The Labute approximate surface area is 113 Å². The zero-order valence-electron chi connectivity index (χ0n) is 9.53. The molecule has 0 fully saturated rings. The summed E-state index contributed by atoms with van der Waals surface area (Å²) in [6.45, 7) is 0.213. The first kappa shape index (κ1) is 13.9. The molecule has 1 rings (SSSR count). The van der Waals surface area contributed by atoms with Crippen molar-refractivity contribution in [2.24, 2.45) is 0 Å². The molecule has 1 aromatic rings. The Balaban J connectivity index is 2.91. The summed E-state index contributed by atoms with van der Waals surface area (Å²) in [5.74, 6) is -1.29. The standard InChI is InChI=1S/C11H13IN2O3/c1-14(2)6-10(15)13-9-4-3-7(12)5-8(9)11(16)17/h3-5H,6H2,1-2H3,(H,13,15)(H,16,17). The van der Waals surface area contributed by atoms with Gasteiger partial charge in [0.1, 0.15) is 0 Å². The minimum absolute atomic E-state index is 0.101. The molecule has 0 saturated carbocycles. The minimum atomic E-state index is -1.05. The molecule has 0 spiro atoms. The van der Waals surface area contributed by atoms with Crippen LogP contribution in [0.1, 0.15) is 10.4 Å². The van der Waals surface area contributed by atoms with E-state index in [0.29, 0.717) is 5.69 Å². The molecule has 6 heteroatoms. The number of rotatable bonds is 4. The van der Waals surface area contributed by atoms with Crippen LogP contribution in [0.3, 0.4) is 0 Å². The molecule has 0 aliphatic heterocycles. The minimum Gasteiger partial charge on any atom is -0.478 e. The highest BCUT2D eigenvalue weighted by Crippen LogP contribution is 2.18. The van der Waals surface area contributed by atoms with Crippen LogP contribution in [0.4, 0.5) is 5.69 Å². The van der Waals surface area contributed by atoms with Crippen LogP contribution in [0.2, 0.25) is 0 Å². The van der Waals surface area contributed by atoms with Gasteiger partial charge in [-0.2, -0.15) is 0 Å². The highest BCUT2D eigenvalue weighted by atomic mass is 127. The van der Waals surface area contributed by atoms with Crippen LogP contribution in [0.25, 0.3) is 0 Å². The molecule has 5 nitrogen and oxygen atoms in total. The number of nitrogens with zero attached hydrogens (tertiary/aromatic N) is 1. The first-order valence-corrected chi connectivity index (χ1v) is 5.95. The summed E-state index contributed by atoms with van der Waals surface area (Å²) in [6, 6.07) is 4.87. The molecule has 1 amide bonds. The quantitative estimate of drug-likeness (QED) is 0.809. The van der Waals surface area contributed by atoms with Crippen molar-refractivity contribution >= 4 is 40.2 Å². The molecule has 0 aliphatic carbocycles. The monoisotopic (exact) mass is 348 g/mol. The van der Waals surface area contributed by atoms with E-state index in [1.807, 2.05) is 22.6 Å². The molecule has 0 bridgehead atoms. The summed E-state index contributed by atoms with van der Waals surface area (Å²) in [6.07, 6.45) is 0. The van der Waals surface area contributed by atoms with Crippen molar-refractivity contribution in [2.45, 2.75) is 0 Å². The van der Waals surface area contributed by atoms with Gasteiger partial charge in [-0.25, -0.2) is 4.79 Å². The number of carbonyl (C=O) groups is 2. The Bertz CT molecular complexity index is 446. The molecule has 0 heterocycles. The number of carboxylic acid groups (broad SMARTS) is 1. The average Bonchev–Trinajstić information content (AvgIpc) is 2.19. The Morgan fingerprint density at radius 2 is 2.06 bits per heavy atom. The number of anilines is 1. The lowest BCUT2D eigenvalue weighted by atomic mass is 10.2. The predicted molar refractivity (Wildman–Crippen MR) is 73.3 cm³/mol. The van der Waals surface area contributed by atoms with E-state index in [-0.39, 0.29) is 18.0 Å². The van der Waals surface area contributed by atoms with Crippen LogP contribution in [0.15, 0.2) is 18.2 Å². The van der Waals surface area contributed by atoms with Crippen LogP contribution in [0, 0.1) is 3.57 Å². The number of hydrogen-bond acceptors (Lipinski definition) is 3. The molecular formula is C11H13IN2O3. The number of halogens is 1. The fourth-order valence-corrected chi connectivity index (χ4v) is 1.77. The zero-order chi connectivity index (χ0) is 13.0. The fourth-order valence-electron chi connectivity index (χ4n) is 1.28. The second-order valence-electron chi connectivity index (χ2n) is 3.78. The van der Waals surface area contributed by atoms with Gasteiger partial charge in [-0.15, -0.1) is 0 Å². The summed E-state index contributed by atoms with van der Waals surface area (Å²) in [5, 5.41) is 11.6. The van der Waals surface area contributed by atoms with Gasteiger partial charge in [-0.05, 0) is 54.9 Å². The highest BCUT2D eigenvalue weighted by Gasteiger charge is 2.13. The van der Waals surface area contributed by atoms with E-state index in [0.717, 1.165) is 3.57 Å². The summed E-state index contributed by atoms with van der Waals surface area (Å²) in [5.41, 5.74) is 0.425. The van der Waals surface area contributed by atoms with Crippen LogP contribution >= 0.6 is 22.6 Å². The van der Waals surface area contributed by atoms with E-state index in [4.69, 9.17) is 5.11 Å². The van der Waals surface area contributed by atoms with Crippen molar-refractivity contribution in [3.63, 3.8) is 0 Å². The first-order valence-electron chi connectivity index (χ1n) is 4.87. The number of nitrogens with one attached hydrogen (secondary N) is 1. The van der Waals surface area contributed by atoms with Gasteiger partial charge in [0, 0.05) is 3.57 Å². The number of likely N-dealkylation sites (N-methyl/N-ethyl adjacent to an activating group) is 1. The second-order valence-corrected chi connectivity index (χ2v) is 5.03. The normalized spacial score (nSPS) is 10.4. The molecule has 0 saturated heterocycles. The smallest absolute Gasteiger partial charge is 0.337 e. The van der Waals surface area contributed by atoms with Gasteiger partial charge in [0.15, 0.2) is 0 Å². The third-order valence-electron chi connectivity index (χ3n) is 1.95. The molecule has 0 radical (unpaired) electrons. The summed E-state index contributed by atoms with van der Waals surface area (Å²) in [7, 11) is 3.54. The number of carbonyl (C=O) groups excluding carboxylic acids is 1. The lowest BCUT2D eigenvalue weighted by Gasteiger charge is -2.12. The summed E-state index contributed by atoms with van der Waals surface area (Å²) in [4.78, 5) is 24.3. The Morgan fingerprint density at radius 1 is 1.41 bits per heavy atom. The summed E-state index contributed by atoms with van der Waals surface area (Å²) >= 11 is 2.02. The molecule has 2 N–H and O–H groups in total. The van der Waals surface area contributed by atoms with Crippen LogP contribution in [-0.4, -0.2) is 42.5 Å². The van der Waals surface area contributed by atoms with Crippen molar-refractivity contribution in [1.82, 2.24) is 4.90 Å². The highest BCUT2D eigenvalue weighted by molar-refractivity contribution is 14.1. The molecule has 0 aliphatic rings. The molecule has 0 unspecified atom stereocenters. The van der Waals surface area contributed by atoms with Crippen LogP contribution in [0.5, 0.6) is 0 Å². The van der Waals surface area contributed by atoms with Gasteiger partial charge in [0.05, 0.1) is 17.8 Å². The predicted octanol–water partition coefficient (Wildman–Crippen LogP) is 1.49. The van der Waals surface area contributed by atoms with Gasteiger partial charge >= 0.3 is 5.97 Å². The number of hydrogen-bond donors (Lipinski definition) is 2. The van der Waals surface area contributed by atoms with Gasteiger partial charge in [-0.1, -0.05) is 0 Å². The molecule has 0 aromatic heterocycles. The Morgan fingerprint density at radius 3 is 2.59 bits per heavy atom. The molecule has 92 valence electrons. The molecule has 0 atom stereocenters. The number of amides is 1. The maximum absolute atomic E-state index is 11.5. The number of aromatic carboxylic acids is 1. The fraction of sp³-hybridized carbons (Fsp3) is 0.273. The molecular weight excluding hydrogens is 335 g/mol. The van der Waals surface area contributed by atoms with Gasteiger partial charge < -0.3 is 15.3 Å². The summed E-state index contributed by atoms with van der Waals surface area (Å²) < 4.78 is 0.811. The topological polar surface area (TPSA) is 69.6 Å². The Hall–Kier alpha value is -1.15. The van der Waals surface area contributed by atoms with Crippen molar-refractivity contribution in [3.05, 3.63) is 27.3 Å². The van der Waals surface area contributed by atoms with Crippen LogP contribution in [-0.2, 0) is 4.79 Å². The third-order valence-corrected chi connectivity index (χ3v) is 2.62. The van der Waals surface area contributed by atoms with Gasteiger partial charge in [0.2, 0.25) is 5.91 Å². The van der Waals surface area contributed by atoms with Crippen molar-refractivity contribution in [3.8, 4) is 0 Å². The number of carboxylic acids is 1. The lowest BCUT2D eigenvalue weighted by Crippen LogP contribution is -2.27. The first-order chi connectivity index (χ1) is 7.90. The molecule has 17 heavy (non-hydrogen) atoms. The maximum Gasteiger partial charge on any atom is 0.337 e. The van der Waals surface area contributed by atoms with E-state index < -0.39 is 5.97 Å². The second kappa shape index (κ2) is 5.97. The van der Waals surface area contributed by atoms with Crippen LogP contribution < -0.4 is 5.32 Å². The van der Waals surface area contributed by atoms with E-state index in [1.54, 1.807) is 31.1 Å². The van der Waals surface area contributed by atoms with E-state index >= 15 is 0 Å². The van der Waals surface area contributed by atoms with Crippen molar-refractivity contribution < 1.29 is 14.7 Å². The number of benzene rings is 1. The maximum atomic E-state index is 11.5. The average molecular weight is 348 g/mol. The SMILES string of the molecule is CN(C)CC(=O)Nc1ccc(I)cc1C(=O)O. The Kier molecular flexibility index (Phi) is 4.88. The lowest BCUT2D eigenvalue weighted by molar-refractivity contribution is -0.116. The largest absolute Gasteiger partial charge is 0.478 e.